The lowest BCUT2D eigenvalue weighted by atomic mass is 10.1. The maximum absolute atomic E-state index is 13.0. The van der Waals surface area contributed by atoms with Gasteiger partial charge in [-0.1, -0.05) is 11.6 Å². The topological polar surface area (TPSA) is 85.8 Å². The minimum atomic E-state index is -3.87. The third-order valence-electron chi connectivity index (χ3n) is 6.02. The highest BCUT2D eigenvalue weighted by Gasteiger charge is 2.31. The van der Waals surface area contributed by atoms with Crippen LogP contribution in [-0.2, 0) is 10.0 Å². The lowest BCUT2D eigenvalue weighted by Crippen LogP contribution is -2.44. The predicted molar refractivity (Wildman–Crippen MR) is 126 cm³/mol. The van der Waals surface area contributed by atoms with Crippen LogP contribution in [0.25, 0.3) is 10.9 Å². The maximum atomic E-state index is 13.0. The Bertz CT molecular complexity index is 1340. The fourth-order valence-corrected chi connectivity index (χ4v) is 5.34. The highest BCUT2D eigenvalue weighted by Crippen LogP contribution is 2.41. The molecular formula is C22H22ClN5O3S. The number of aromatic nitrogens is 1. The van der Waals surface area contributed by atoms with Crippen LogP contribution in [0.5, 0.6) is 0 Å². The molecule has 166 valence electrons. The molecule has 2 aliphatic rings. The molecule has 0 bridgehead atoms. The minimum absolute atomic E-state index is 0.0950. The van der Waals surface area contributed by atoms with E-state index < -0.39 is 10.0 Å². The van der Waals surface area contributed by atoms with Crippen molar-refractivity contribution in [3.05, 3.63) is 53.1 Å². The Morgan fingerprint density at radius 2 is 1.69 bits per heavy atom. The summed E-state index contributed by atoms with van der Waals surface area (Å²) < 4.78 is 28.7. The standard InChI is InChI=1S/C22H22ClN5O3S/c1-26-9-11-28(12-10-26)19-13-16-20-18(27(2)22(16)29)8-7-17(21(20)24-19)25-32(30,31)15-5-3-14(23)4-6-15/h3-8,13,25H,9-12H2,1-2H3. The average Bonchev–Trinajstić information content (AvgIpc) is 3.02. The normalized spacial score (nSPS) is 16.8. The minimum Gasteiger partial charge on any atom is -0.354 e. The Balaban J connectivity index is 1.63. The van der Waals surface area contributed by atoms with Crippen molar-refractivity contribution in [3.8, 4) is 0 Å². The number of halogens is 1. The average molecular weight is 472 g/mol. The van der Waals surface area contributed by atoms with Crippen LogP contribution < -0.4 is 14.5 Å². The van der Waals surface area contributed by atoms with Gasteiger partial charge in [0.05, 0.1) is 27.4 Å². The Morgan fingerprint density at radius 1 is 1.00 bits per heavy atom. The van der Waals surface area contributed by atoms with Gasteiger partial charge in [-0.25, -0.2) is 13.4 Å². The van der Waals surface area contributed by atoms with Gasteiger partial charge in [-0.3, -0.25) is 9.52 Å². The summed E-state index contributed by atoms with van der Waals surface area (Å²) in [5.74, 6) is 0.550. The van der Waals surface area contributed by atoms with E-state index in [4.69, 9.17) is 16.6 Å². The molecule has 0 atom stereocenters. The van der Waals surface area contributed by atoms with Crippen molar-refractivity contribution in [1.82, 2.24) is 9.88 Å². The monoisotopic (exact) mass is 471 g/mol. The van der Waals surface area contributed by atoms with E-state index >= 15 is 0 Å². The molecule has 3 heterocycles. The van der Waals surface area contributed by atoms with Crippen LogP contribution in [-0.4, -0.2) is 64.5 Å². The number of carbonyl (C=O) groups excluding carboxylic acids is 1. The molecule has 1 fully saturated rings. The number of benzene rings is 2. The molecule has 1 aromatic heterocycles. The number of hydrogen-bond donors (Lipinski definition) is 1. The Morgan fingerprint density at radius 3 is 2.38 bits per heavy atom. The summed E-state index contributed by atoms with van der Waals surface area (Å²) in [6, 6.07) is 11.2. The lowest BCUT2D eigenvalue weighted by molar-refractivity contribution is 0.0999. The van der Waals surface area contributed by atoms with E-state index in [9.17, 15) is 13.2 Å². The molecule has 0 unspecified atom stereocenters. The third-order valence-corrected chi connectivity index (χ3v) is 7.65. The Labute approximate surface area is 191 Å². The van der Waals surface area contributed by atoms with Crippen LogP contribution in [0.15, 0.2) is 47.4 Å². The molecule has 32 heavy (non-hydrogen) atoms. The Hall–Kier alpha value is -2.88. The van der Waals surface area contributed by atoms with Gasteiger partial charge in [-0.05, 0) is 49.5 Å². The summed E-state index contributed by atoms with van der Waals surface area (Å²) in [5, 5.41) is 1.11. The first kappa shape index (κ1) is 21.0. The maximum Gasteiger partial charge on any atom is 0.261 e. The van der Waals surface area contributed by atoms with Crippen LogP contribution in [0.4, 0.5) is 17.2 Å². The van der Waals surface area contributed by atoms with Crippen LogP contribution >= 0.6 is 11.6 Å². The largest absolute Gasteiger partial charge is 0.354 e. The second-order valence-electron chi connectivity index (χ2n) is 8.10. The first-order valence-electron chi connectivity index (χ1n) is 10.2. The van der Waals surface area contributed by atoms with Gasteiger partial charge in [-0.15, -0.1) is 0 Å². The number of likely N-dealkylation sites (N-methyl/N-ethyl adjacent to an activating group) is 1. The number of anilines is 3. The van der Waals surface area contributed by atoms with E-state index in [0.29, 0.717) is 38.7 Å². The summed E-state index contributed by atoms with van der Waals surface area (Å²) in [4.78, 5) is 23.8. The first-order chi connectivity index (χ1) is 15.2. The molecule has 8 nitrogen and oxygen atoms in total. The molecule has 0 spiro atoms. The fraction of sp³-hybridized carbons (Fsp3) is 0.273. The molecule has 2 aromatic carbocycles. The summed E-state index contributed by atoms with van der Waals surface area (Å²) >= 11 is 5.90. The molecule has 1 saturated heterocycles. The molecule has 1 N–H and O–H groups in total. The SMILES string of the molecule is CN1CCN(c2cc3c4c(ccc(NS(=O)(=O)c5ccc(Cl)cc5)c4n2)N(C)C3=O)CC1. The van der Waals surface area contributed by atoms with Gasteiger partial charge in [0.15, 0.2) is 0 Å². The first-order valence-corrected chi connectivity index (χ1v) is 12.1. The molecule has 0 aliphatic carbocycles. The van der Waals surface area contributed by atoms with Crippen LogP contribution in [0.3, 0.4) is 0 Å². The molecule has 0 radical (unpaired) electrons. The van der Waals surface area contributed by atoms with Crippen molar-refractivity contribution in [2.24, 2.45) is 0 Å². The van der Waals surface area contributed by atoms with E-state index in [0.717, 1.165) is 26.2 Å². The molecule has 1 amide bonds. The van der Waals surface area contributed by atoms with Crippen molar-refractivity contribution >= 4 is 55.6 Å². The molecule has 3 aromatic rings. The number of carbonyl (C=O) groups is 1. The summed E-state index contributed by atoms with van der Waals surface area (Å²) in [6.07, 6.45) is 0. The highest BCUT2D eigenvalue weighted by atomic mass is 35.5. The van der Waals surface area contributed by atoms with E-state index in [1.807, 2.05) is 6.07 Å². The second kappa shape index (κ2) is 7.61. The fourth-order valence-electron chi connectivity index (χ4n) is 4.15. The van der Waals surface area contributed by atoms with Crippen LogP contribution in [0.2, 0.25) is 5.02 Å². The second-order valence-corrected chi connectivity index (χ2v) is 10.2. The molecular weight excluding hydrogens is 450 g/mol. The number of piperazine rings is 1. The van der Waals surface area contributed by atoms with Crippen molar-refractivity contribution in [2.75, 3.05) is 54.8 Å². The van der Waals surface area contributed by atoms with Gasteiger partial charge in [0, 0.05) is 43.6 Å². The Kier molecular flexibility index (Phi) is 4.99. The quantitative estimate of drug-likeness (QED) is 0.629. The summed E-state index contributed by atoms with van der Waals surface area (Å²) in [5.41, 5.74) is 2.05. The number of rotatable bonds is 4. The van der Waals surface area contributed by atoms with Crippen molar-refractivity contribution in [2.45, 2.75) is 4.90 Å². The van der Waals surface area contributed by atoms with Gasteiger partial charge in [0.1, 0.15) is 5.82 Å². The lowest BCUT2D eigenvalue weighted by Gasteiger charge is -2.33. The van der Waals surface area contributed by atoms with Crippen molar-refractivity contribution in [1.29, 1.82) is 0 Å². The zero-order valence-electron chi connectivity index (χ0n) is 17.7. The molecule has 0 saturated carbocycles. The number of sulfonamides is 1. The predicted octanol–water partition coefficient (Wildman–Crippen LogP) is 3.03. The number of nitrogens with zero attached hydrogens (tertiary/aromatic N) is 4. The van der Waals surface area contributed by atoms with Crippen LogP contribution in [0.1, 0.15) is 10.4 Å². The summed E-state index contributed by atoms with van der Waals surface area (Å²) in [6.45, 7) is 3.34. The van der Waals surface area contributed by atoms with Crippen LogP contribution in [0, 0.1) is 0 Å². The molecule has 5 rings (SSSR count). The van der Waals surface area contributed by atoms with E-state index in [-0.39, 0.29) is 10.8 Å². The van der Waals surface area contributed by atoms with E-state index in [2.05, 4.69) is 21.6 Å². The smallest absolute Gasteiger partial charge is 0.261 e. The van der Waals surface area contributed by atoms with E-state index in [1.54, 1.807) is 24.1 Å². The van der Waals surface area contributed by atoms with Gasteiger partial charge in [0.25, 0.3) is 15.9 Å². The van der Waals surface area contributed by atoms with Crippen molar-refractivity contribution in [3.63, 3.8) is 0 Å². The van der Waals surface area contributed by atoms with E-state index in [1.165, 1.54) is 24.3 Å². The number of nitrogens with one attached hydrogen (secondary N) is 1. The highest BCUT2D eigenvalue weighted by molar-refractivity contribution is 7.92. The zero-order valence-corrected chi connectivity index (χ0v) is 19.2. The summed E-state index contributed by atoms with van der Waals surface area (Å²) in [7, 11) is -0.0852. The number of amides is 1. The van der Waals surface area contributed by atoms with Gasteiger partial charge in [0.2, 0.25) is 0 Å². The zero-order chi connectivity index (χ0) is 22.6. The third kappa shape index (κ3) is 3.46. The van der Waals surface area contributed by atoms with Crippen molar-refractivity contribution < 1.29 is 13.2 Å². The molecule has 2 aliphatic heterocycles. The van der Waals surface area contributed by atoms with Gasteiger partial charge >= 0.3 is 0 Å². The van der Waals surface area contributed by atoms with Gasteiger partial charge < -0.3 is 14.7 Å². The van der Waals surface area contributed by atoms with Gasteiger partial charge in [-0.2, -0.15) is 0 Å². The number of pyridine rings is 1. The number of hydrogen-bond acceptors (Lipinski definition) is 6. The molecule has 10 heteroatoms.